The number of hydrogen-bond donors (Lipinski definition) is 0. The minimum Gasteiger partial charge on any atom is -0.381 e. The van der Waals surface area contributed by atoms with Crippen molar-refractivity contribution in [2.24, 2.45) is 0 Å². The summed E-state index contributed by atoms with van der Waals surface area (Å²) in [7, 11) is 2.04. The number of Topliss-reactive ketones (excluding diaryl/α,β-unsaturated/α-hetero) is 1. The van der Waals surface area contributed by atoms with Crippen molar-refractivity contribution < 1.29 is 9.53 Å². The molecule has 98 valence electrons. The van der Waals surface area contributed by atoms with E-state index in [4.69, 9.17) is 4.74 Å². The number of hydrogen-bond acceptors (Lipinski definition) is 3. The summed E-state index contributed by atoms with van der Waals surface area (Å²) in [6.07, 6.45) is 2.61. The lowest BCUT2D eigenvalue weighted by Gasteiger charge is -2.30. The lowest BCUT2D eigenvalue weighted by atomic mass is 10.1. The van der Waals surface area contributed by atoms with E-state index < -0.39 is 0 Å². The molecule has 0 spiro atoms. The van der Waals surface area contributed by atoms with Crippen molar-refractivity contribution in [1.29, 1.82) is 0 Å². The molecule has 1 aliphatic heterocycles. The van der Waals surface area contributed by atoms with Crippen LogP contribution in [-0.4, -0.2) is 43.5 Å². The van der Waals surface area contributed by atoms with Crippen molar-refractivity contribution >= 4 is 5.78 Å². The summed E-state index contributed by atoms with van der Waals surface area (Å²) in [6.45, 7) is 2.18. The van der Waals surface area contributed by atoms with Gasteiger partial charge in [-0.2, -0.15) is 0 Å². The third-order valence-corrected chi connectivity index (χ3v) is 3.48. The highest BCUT2D eigenvalue weighted by atomic mass is 16.5. The topological polar surface area (TPSA) is 29.5 Å². The first-order valence-corrected chi connectivity index (χ1v) is 6.59. The fourth-order valence-corrected chi connectivity index (χ4v) is 2.41. The van der Waals surface area contributed by atoms with Gasteiger partial charge < -0.3 is 4.74 Å². The molecule has 3 nitrogen and oxygen atoms in total. The van der Waals surface area contributed by atoms with Crippen LogP contribution in [0.2, 0.25) is 0 Å². The molecule has 0 saturated carbocycles. The van der Waals surface area contributed by atoms with Gasteiger partial charge in [-0.3, -0.25) is 9.69 Å². The second kappa shape index (κ2) is 6.66. The number of carbonyl (C=O) groups is 1. The maximum Gasteiger partial charge on any atom is 0.151 e. The molecule has 1 aromatic rings. The number of rotatable bonds is 5. The Morgan fingerprint density at radius 3 is 2.61 bits per heavy atom. The average Bonchev–Trinajstić information content (AvgIpc) is 2.40. The van der Waals surface area contributed by atoms with E-state index in [9.17, 15) is 4.79 Å². The molecule has 0 unspecified atom stereocenters. The van der Waals surface area contributed by atoms with E-state index >= 15 is 0 Å². The average molecular weight is 247 g/mol. The molecule has 1 fully saturated rings. The van der Waals surface area contributed by atoms with Gasteiger partial charge in [0.05, 0.1) is 6.54 Å². The van der Waals surface area contributed by atoms with E-state index in [1.54, 1.807) is 0 Å². The molecule has 0 aromatic heterocycles. The smallest absolute Gasteiger partial charge is 0.151 e. The molecule has 18 heavy (non-hydrogen) atoms. The molecular weight excluding hydrogens is 226 g/mol. The van der Waals surface area contributed by atoms with E-state index in [1.165, 1.54) is 0 Å². The fraction of sp³-hybridized carbons (Fsp3) is 0.533. The van der Waals surface area contributed by atoms with Gasteiger partial charge in [0.15, 0.2) is 5.78 Å². The molecule has 2 rings (SSSR count). The SMILES string of the molecule is CN(CC(=O)Cc1ccccc1)C1CCOCC1. The van der Waals surface area contributed by atoms with Crippen LogP contribution in [0.15, 0.2) is 30.3 Å². The van der Waals surface area contributed by atoms with Crippen LogP contribution >= 0.6 is 0 Å². The third-order valence-electron chi connectivity index (χ3n) is 3.48. The number of ether oxygens (including phenoxy) is 1. The molecule has 0 atom stereocenters. The zero-order valence-corrected chi connectivity index (χ0v) is 11.0. The maximum absolute atomic E-state index is 12.0. The normalized spacial score (nSPS) is 17.0. The van der Waals surface area contributed by atoms with Crippen LogP contribution in [0.1, 0.15) is 18.4 Å². The first-order chi connectivity index (χ1) is 8.75. The summed E-state index contributed by atoms with van der Waals surface area (Å²) in [5, 5.41) is 0. The Morgan fingerprint density at radius 2 is 1.94 bits per heavy atom. The van der Waals surface area contributed by atoms with Crippen molar-refractivity contribution in [2.75, 3.05) is 26.8 Å². The van der Waals surface area contributed by atoms with E-state index in [-0.39, 0.29) is 5.78 Å². The van der Waals surface area contributed by atoms with Crippen molar-refractivity contribution in [3.05, 3.63) is 35.9 Å². The molecule has 0 N–H and O–H groups in total. The van der Waals surface area contributed by atoms with Gasteiger partial charge in [0.25, 0.3) is 0 Å². The zero-order valence-electron chi connectivity index (χ0n) is 11.0. The van der Waals surface area contributed by atoms with Crippen LogP contribution in [-0.2, 0) is 16.0 Å². The zero-order chi connectivity index (χ0) is 12.8. The van der Waals surface area contributed by atoms with E-state index in [0.29, 0.717) is 19.0 Å². The molecule has 1 heterocycles. The lowest BCUT2D eigenvalue weighted by Crippen LogP contribution is -2.39. The Kier molecular flexibility index (Phi) is 4.90. The molecule has 1 aliphatic rings. The fourth-order valence-electron chi connectivity index (χ4n) is 2.41. The van der Waals surface area contributed by atoms with E-state index in [0.717, 1.165) is 31.6 Å². The van der Waals surface area contributed by atoms with Crippen LogP contribution in [0.3, 0.4) is 0 Å². The molecule has 1 saturated heterocycles. The molecule has 0 radical (unpaired) electrons. The number of nitrogens with zero attached hydrogens (tertiary/aromatic N) is 1. The number of benzene rings is 1. The second-order valence-electron chi connectivity index (χ2n) is 4.96. The Bertz CT molecular complexity index is 371. The first kappa shape index (κ1) is 13.2. The van der Waals surface area contributed by atoms with Gasteiger partial charge in [0, 0.05) is 25.7 Å². The lowest BCUT2D eigenvalue weighted by molar-refractivity contribution is -0.120. The van der Waals surface area contributed by atoms with Gasteiger partial charge >= 0.3 is 0 Å². The Hall–Kier alpha value is -1.19. The minimum atomic E-state index is 0.287. The molecule has 0 bridgehead atoms. The number of ketones is 1. The van der Waals surface area contributed by atoms with Gasteiger partial charge in [0.2, 0.25) is 0 Å². The van der Waals surface area contributed by atoms with Gasteiger partial charge in [-0.05, 0) is 25.5 Å². The van der Waals surface area contributed by atoms with E-state index in [1.807, 2.05) is 37.4 Å². The third kappa shape index (κ3) is 3.93. The molecule has 0 aliphatic carbocycles. The Morgan fingerprint density at radius 1 is 1.28 bits per heavy atom. The van der Waals surface area contributed by atoms with Crippen molar-refractivity contribution in [2.45, 2.75) is 25.3 Å². The second-order valence-corrected chi connectivity index (χ2v) is 4.96. The van der Waals surface area contributed by atoms with Crippen molar-refractivity contribution in [3.8, 4) is 0 Å². The highest BCUT2D eigenvalue weighted by Gasteiger charge is 2.20. The van der Waals surface area contributed by atoms with Crippen LogP contribution in [0, 0.1) is 0 Å². The summed E-state index contributed by atoms with van der Waals surface area (Å²) in [5.41, 5.74) is 1.10. The quantitative estimate of drug-likeness (QED) is 0.796. The minimum absolute atomic E-state index is 0.287. The van der Waals surface area contributed by atoms with Gasteiger partial charge in [0.1, 0.15) is 0 Å². The highest BCUT2D eigenvalue weighted by Crippen LogP contribution is 2.12. The van der Waals surface area contributed by atoms with Crippen LogP contribution in [0.5, 0.6) is 0 Å². The van der Waals surface area contributed by atoms with Crippen LogP contribution in [0.25, 0.3) is 0 Å². The predicted octanol–water partition coefficient (Wildman–Crippen LogP) is 1.91. The van der Waals surface area contributed by atoms with Crippen molar-refractivity contribution in [1.82, 2.24) is 4.90 Å². The summed E-state index contributed by atoms with van der Waals surface area (Å²) in [4.78, 5) is 14.2. The predicted molar refractivity (Wildman–Crippen MR) is 71.6 cm³/mol. The number of carbonyl (C=O) groups excluding carboxylic acids is 1. The summed E-state index contributed by atoms with van der Waals surface area (Å²) >= 11 is 0. The van der Waals surface area contributed by atoms with Crippen LogP contribution < -0.4 is 0 Å². The Labute approximate surface area is 109 Å². The largest absolute Gasteiger partial charge is 0.381 e. The van der Waals surface area contributed by atoms with Gasteiger partial charge in [-0.25, -0.2) is 0 Å². The van der Waals surface area contributed by atoms with Gasteiger partial charge in [-0.1, -0.05) is 30.3 Å². The van der Waals surface area contributed by atoms with Crippen molar-refractivity contribution in [3.63, 3.8) is 0 Å². The van der Waals surface area contributed by atoms with E-state index in [2.05, 4.69) is 4.90 Å². The molecule has 1 aromatic carbocycles. The maximum atomic E-state index is 12.0. The molecule has 0 amide bonds. The van der Waals surface area contributed by atoms with Gasteiger partial charge in [-0.15, -0.1) is 0 Å². The Balaban J connectivity index is 1.79. The number of likely N-dealkylation sites (N-methyl/N-ethyl adjacent to an activating group) is 1. The molecular formula is C15H21NO2. The summed E-state index contributed by atoms with van der Waals surface area (Å²) < 4.78 is 5.34. The highest BCUT2D eigenvalue weighted by molar-refractivity contribution is 5.82. The van der Waals surface area contributed by atoms with Crippen LogP contribution in [0.4, 0.5) is 0 Å². The monoisotopic (exact) mass is 247 g/mol. The summed E-state index contributed by atoms with van der Waals surface area (Å²) in [5.74, 6) is 0.287. The summed E-state index contributed by atoms with van der Waals surface area (Å²) in [6, 6.07) is 10.4. The standard InChI is InChI=1S/C15H21NO2/c1-16(14-7-9-18-10-8-14)12-15(17)11-13-5-3-2-4-6-13/h2-6,14H,7-12H2,1H3. The molecule has 3 heteroatoms. The first-order valence-electron chi connectivity index (χ1n) is 6.59.